The molecule has 0 bridgehead atoms. The van der Waals surface area contributed by atoms with E-state index in [0.717, 1.165) is 0 Å². The molecule has 2 N–H and O–H groups in total. The fraction of sp³-hybridized carbons (Fsp3) is 0.333. The SMILES string of the molecule is COc1ccc(C(NC(=O)c2cc(F)c(F)cc2F)C2CC(O)C2)cn1. The molecule has 1 saturated carbocycles. The Kier molecular flexibility index (Phi) is 5.13. The Bertz CT molecular complexity index is 808. The molecule has 1 aromatic carbocycles. The third-order valence-electron chi connectivity index (χ3n) is 4.49. The third kappa shape index (κ3) is 3.65. The molecule has 0 saturated heterocycles. The number of methoxy groups -OCH3 is 1. The van der Waals surface area contributed by atoms with Crippen LogP contribution < -0.4 is 10.1 Å². The fourth-order valence-corrected chi connectivity index (χ4v) is 2.99. The Morgan fingerprint density at radius 2 is 1.92 bits per heavy atom. The summed E-state index contributed by atoms with van der Waals surface area (Å²) in [4.78, 5) is 16.5. The zero-order chi connectivity index (χ0) is 18.8. The van der Waals surface area contributed by atoms with Gasteiger partial charge >= 0.3 is 0 Å². The summed E-state index contributed by atoms with van der Waals surface area (Å²) in [7, 11) is 1.47. The Labute approximate surface area is 147 Å². The van der Waals surface area contributed by atoms with E-state index in [-0.39, 0.29) is 5.92 Å². The summed E-state index contributed by atoms with van der Waals surface area (Å²) in [6.45, 7) is 0. The van der Waals surface area contributed by atoms with Crippen LogP contribution in [-0.2, 0) is 0 Å². The molecule has 2 aromatic rings. The fourth-order valence-electron chi connectivity index (χ4n) is 2.99. The van der Waals surface area contributed by atoms with Crippen molar-refractivity contribution in [2.24, 2.45) is 5.92 Å². The molecule has 1 aliphatic carbocycles. The molecule has 1 atom stereocenters. The molecule has 1 aliphatic rings. The lowest BCUT2D eigenvalue weighted by Gasteiger charge is -2.38. The summed E-state index contributed by atoms with van der Waals surface area (Å²) < 4.78 is 45.3. The number of aliphatic hydroxyl groups is 1. The number of rotatable bonds is 5. The van der Waals surface area contributed by atoms with Gasteiger partial charge in [-0.1, -0.05) is 6.07 Å². The highest BCUT2D eigenvalue weighted by molar-refractivity contribution is 5.94. The van der Waals surface area contributed by atoms with Crippen LogP contribution in [0.15, 0.2) is 30.5 Å². The number of benzene rings is 1. The van der Waals surface area contributed by atoms with E-state index in [1.165, 1.54) is 13.3 Å². The largest absolute Gasteiger partial charge is 0.481 e. The predicted molar refractivity (Wildman–Crippen MR) is 86.0 cm³/mol. The highest BCUT2D eigenvalue weighted by Gasteiger charge is 2.36. The summed E-state index contributed by atoms with van der Waals surface area (Å²) in [6.07, 6.45) is 1.95. The Balaban J connectivity index is 1.85. The molecule has 1 heterocycles. The second-order valence-corrected chi connectivity index (χ2v) is 6.22. The first-order chi connectivity index (χ1) is 12.4. The standard InChI is InChI=1S/C18H17F3N2O3/c1-26-16-3-2-9(8-22-16)17(10-4-11(24)5-10)23-18(25)12-6-14(20)15(21)7-13(12)19/h2-3,6-8,10-11,17,24H,4-5H2,1H3,(H,23,25). The molecule has 1 fully saturated rings. The molecule has 3 rings (SSSR count). The molecule has 5 nitrogen and oxygen atoms in total. The first-order valence-electron chi connectivity index (χ1n) is 8.02. The first kappa shape index (κ1) is 18.2. The zero-order valence-electron chi connectivity index (χ0n) is 13.9. The van der Waals surface area contributed by atoms with Crippen molar-refractivity contribution in [1.29, 1.82) is 0 Å². The van der Waals surface area contributed by atoms with Crippen molar-refractivity contribution in [2.75, 3.05) is 7.11 Å². The lowest BCUT2D eigenvalue weighted by atomic mass is 9.75. The number of ether oxygens (including phenoxy) is 1. The third-order valence-corrected chi connectivity index (χ3v) is 4.49. The molecule has 0 radical (unpaired) electrons. The molecule has 0 spiro atoms. The molecule has 1 unspecified atom stereocenters. The summed E-state index contributed by atoms with van der Waals surface area (Å²) in [5.74, 6) is -4.39. The monoisotopic (exact) mass is 366 g/mol. The number of amides is 1. The van der Waals surface area contributed by atoms with Crippen LogP contribution in [0.5, 0.6) is 5.88 Å². The number of nitrogens with one attached hydrogen (secondary N) is 1. The van der Waals surface area contributed by atoms with Crippen LogP contribution in [0.25, 0.3) is 0 Å². The van der Waals surface area contributed by atoms with Crippen molar-refractivity contribution in [1.82, 2.24) is 10.3 Å². The van der Waals surface area contributed by atoms with E-state index >= 15 is 0 Å². The number of nitrogens with zero attached hydrogens (tertiary/aromatic N) is 1. The number of carbonyl (C=O) groups excluding carboxylic acids is 1. The number of aromatic nitrogens is 1. The van der Waals surface area contributed by atoms with Gasteiger partial charge in [0.2, 0.25) is 5.88 Å². The molecule has 1 amide bonds. The van der Waals surface area contributed by atoms with Gasteiger partial charge in [0.1, 0.15) is 5.82 Å². The minimum atomic E-state index is -1.36. The van der Waals surface area contributed by atoms with Crippen LogP contribution in [0.3, 0.4) is 0 Å². The Morgan fingerprint density at radius 3 is 2.50 bits per heavy atom. The van der Waals surface area contributed by atoms with Crippen molar-refractivity contribution in [3.05, 3.63) is 59.0 Å². The molecular weight excluding hydrogens is 349 g/mol. The lowest BCUT2D eigenvalue weighted by molar-refractivity contribution is 0.0234. The summed E-state index contributed by atoms with van der Waals surface area (Å²) in [5.41, 5.74) is 0.0503. The van der Waals surface area contributed by atoms with Crippen LogP contribution in [0, 0.1) is 23.4 Å². The molecule has 1 aromatic heterocycles. The number of aliphatic hydroxyl groups excluding tert-OH is 1. The van der Waals surface area contributed by atoms with E-state index in [9.17, 15) is 23.1 Å². The second-order valence-electron chi connectivity index (χ2n) is 6.22. The quantitative estimate of drug-likeness (QED) is 0.799. The normalized spacial score (nSPS) is 20.2. The van der Waals surface area contributed by atoms with E-state index in [1.807, 2.05) is 0 Å². The maximum atomic E-state index is 13.9. The zero-order valence-corrected chi connectivity index (χ0v) is 13.9. The Morgan fingerprint density at radius 1 is 1.23 bits per heavy atom. The van der Waals surface area contributed by atoms with Gasteiger partial charge in [-0.15, -0.1) is 0 Å². The molecule has 26 heavy (non-hydrogen) atoms. The van der Waals surface area contributed by atoms with Crippen molar-refractivity contribution >= 4 is 5.91 Å². The average molecular weight is 366 g/mol. The number of hydrogen-bond acceptors (Lipinski definition) is 4. The molecule has 8 heteroatoms. The van der Waals surface area contributed by atoms with Crippen LogP contribution in [-0.4, -0.2) is 29.2 Å². The van der Waals surface area contributed by atoms with Gasteiger partial charge in [0.15, 0.2) is 11.6 Å². The van der Waals surface area contributed by atoms with Crippen LogP contribution in [0.4, 0.5) is 13.2 Å². The van der Waals surface area contributed by atoms with E-state index in [2.05, 4.69) is 10.3 Å². The van der Waals surface area contributed by atoms with Gasteiger partial charge in [0.05, 0.1) is 24.8 Å². The van der Waals surface area contributed by atoms with Gasteiger partial charge in [0.25, 0.3) is 5.91 Å². The van der Waals surface area contributed by atoms with Crippen LogP contribution in [0.2, 0.25) is 0 Å². The summed E-state index contributed by atoms with van der Waals surface area (Å²) in [6, 6.07) is 3.61. The number of halogens is 3. The van der Waals surface area contributed by atoms with Gasteiger partial charge in [-0.2, -0.15) is 0 Å². The maximum absolute atomic E-state index is 13.9. The van der Waals surface area contributed by atoms with E-state index < -0.39 is 41.1 Å². The van der Waals surface area contributed by atoms with Crippen molar-refractivity contribution in [3.8, 4) is 5.88 Å². The van der Waals surface area contributed by atoms with E-state index in [4.69, 9.17) is 4.74 Å². The highest BCUT2D eigenvalue weighted by atomic mass is 19.2. The second kappa shape index (κ2) is 7.33. The number of hydrogen-bond donors (Lipinski definition) is 2. The Hall–Kier alpha value is -2.61. The molecular formula is C18H17F3N2O3. The smallest absolute Gasteiger partial charge is 0.254 e. The van der Waals surface area contributed by atoms with Crippen molar-refractivity contribution in [3.63, 3.8) is 0 Å². The topological polar surface area (TPSA) is 71.5 Å². The van der Waals surface area contributed by atoms with E-state index in [0.29, 0.717) is 36.4 Å². The van der Waals surface area contributed by atoms with Gasteiger partial charge in [-0.25, -0.2) is 18.2 Å². The van der Waals surface area contributed by atoms with Gasteiger partial charge < -0.3 is 15.2 Å². The molecule has 138 valence electrons. The van der Waals surface area contributed by atoms with Crippen LogP contribution >= 0.6 is 0 Å². The minimum Gasteiger partial charge on any atom is -0.481 e. The van der Waals surface area contributed by atoms with Gasteiger partial charge in [0, 0.05) is 18.3 Å². The lowest BCUT2D eigenvalue weighted by Crippen LogP contribution is -2.41. The van der Waals surface area contributed by atoms with Crippen LogP contribution in [0.1, 0.15) is 34.8 Å². The number of carbonyl (C=O) groups is 1. The van der Waals surface area contributed by atoms with Crippen molar-refractivity contribution in [2.45, 2.75) is 25.0 Å². The van der Waals surface area contributed by atoms with Gasteiger partial charge in [-0.05, 0) is 30.4 Å². The minimum absolute atomic E-state index is 0.0856. The maximum Gasteiger partial charge on any atom is 0.254 e. The predicted octanol–water partition coefficient (Wildman–Crippen LogP) is 2.75. The first-order valence-corrected chi connectivity index (χ1v) is 8.02. The highest BCUT2D eigenvalue weighted by Crippen LogP contribution is 2.38. The van der Waals surface area contributed by atoms with Gasteiger partial charge in [-0.3, -0.25) is 4.79 Å². The van der Waals surface area contributed by atoms with E-state index in [1.54, 1.807) is 12.1 Å². The average Bonchev–Trinajstić information content (AvgIpc) is 2.60. The number of pyridine rings is 1. The summed E-state index contributed by atoms with van der Waals surface area (Å²) >= 11 is 0. The molecule has 0 aliphatic heterocycles. The summed E-state index contributed by atoms with van der Waals surface area (Å²) in [5, 5.41) is 12.2. The van der Waals surface area contributed by atoms with Crippen molar-refractivity contribution < 1.29 is 27.8 Å².